The smallest absolute Gasteiger partial charge is 0.238 e. The Bertz CT molecular complexity index is 492. The molecule has 110 valence electrons. The summed E-state index contributed by atoms with van der Waals surface area (Å²) in [5.41, 5.74) is 0.612. The van der Waals surface area contributed by atoms with E-state index in [2.05, 4.69) is 5.32 Å². The van der Waals surface area contributed by atoms with Crippen molar-refractivity contribution >= 4 is 34.8 Å². The van der Waals surface area contributed by atoms with Crippen molar-refractivity contribution in [3.05, 3.63) is 28.2 Å². The Labute approximate surface area is 128 Å². The minimum absolute atomic E-state index is 0.145. The summed E-state index contributed by atoms with van der Waals surface area (Å²) in [5, 5.41) is 13.4. The molecule has 2 N–H and O–H groups in total. The molecule has 0 saturated heterocycles. The van der Waals surface area contributed by atoms with Gasteiger partial charge in [-0.3, -0.25) is 9.69 Å². The van der Waals surface area contributed by atoms with Gasteiger partial charge in [0.2, 0.25) is 5.91 Å². The van der Waals surface area contributed by atoms with E-state index in [1.807, 2.05) is 11.9 Å². The van der Waals surface area contributed by atoms with E-state index in [0.717, 1.165) is 12.8 Å². The van der Waals surface area contributed by atoms with Crippen LogP contribution in [0.3, 0.4) is 0 Å². The number of nitrogens with zero attached hydrogens (tertiary/aromatic N) is 1. The number of aliphatic hydroxyl groups is 1. The fourth-order valence-corrected chi connectivity index (χ4v) is 2.33. The molecular weight excluding hydrogens is 299 g/mol. The normalized spacial score (nSPS) is 16.2. The molecule has 0 aliphatic heterocycles. The zero-order valence-corrected chi connectivity index (χ0v) is 12.8. The van der Waals surface area contributed by atoms with Crippen LogP contribution >= 0.6 is 23.2 Å². The second-order valence-corrected chi connectivity index (χ2v) is 6.09. The molecule has 1 aliphatic rings. The molecule has 0 aromatic heterocycles. The summed E-state index contributed by atoms with van der Waals surface area (Å²) >= 11 is 11.7. The highest BCUT2D eigenvalue weighted by Crippen LogP contribution is 2.32. The van der Waals surface area contributed by atoms with Gasteiger partial charge in [0.25, 0.3) is 0 Å². The Kier molecular flexibility index (Phi) is 5.27. The van der Waals surface area contributed by atoms with E-state index >= 15 is 0 Å². The first-order valence-corrected chi connectivity index (χ1v) is 7.33. The standard InChI is InChI=1S/C14H18Cl2N2O2/c1-18(7-13(19)9-2-3-9)8-14(20)17-10-4-5-11(15)12(16)6-10/h4-6,9,13,19H,2-3,7-8H2,1H3,(H,17,20). The number of likely N-dealkylation sites (N-methyl/N-ethyl adjacent to an activating group) is 1. The quantitative estimate of drug-likeness (QED) is 0.848. The monoisotopic (exact) mass is 316 g/mol. The molecule has 0 heterocycles. The van der Waals surface area contributed by atoms with Crippen molar-refractivity contribution in [1.82, 2.24) is 4.90 Å². The second kappa shape index (κ2) is 6.76. The van der Waals surface area contributed by atoms with E-state index in [-0.39, 0.29) is 18.6 Å². The fourth-order valence-electron chi connectivity index (χ4n) is 2.03. The van der Waals surface area contributed by atoms with Crippen molar-refractivity contribution in [2.45, 2.75) is 18.9 Å². The van der Waals surface area contributed by atoms with Gasteiger partial charge >= 0.3 is 0 Å². The molecule has 1 aromatic rings. The van der Waals surface area contributed by atoms with Gasteiger partial charge < -0.3 is 10.4 Å². The van der Waals surface area contributed by atoms with Crippen LogP contribution in [0.25, 0.3) is 0 Å². The van der Waals surface area contributed by atoms with Gasteiger partial charge in [0, 0.05) is 12.2 Å². The summed E-state index contributed by atoms with van der Waals surface area (Å²) in [6, 6.07) is 4.95. The first kappa shape index (κ1) is 15.6. The van der Waals surface area contributed by atoms with Gasteiger partial charge in [0.05, 0.1) is 22.7 Å². The molecule has 0 radical (unpaired) electrons. The first-order valence-electron chi connectivity index (χ1n) is 6.57. The van der Waals surface area contributed by atoms with Crippen molar-refractivity contribution in [3.63, 3.8) is 0 Å². The van der Waals surface area contributed by atoms with Crippen molar-refractivity contribution < 1.29 is 9.90 Å². The number of nitrogens with one attached hydrogen (secondary N) is 1. The third-order valence-electron chi connectivity index (χ3n) is 3.28. The van der Waals surface area contributed by atoms with Crippen LogP contribution in [-0.2, 0) is 4.79 Å². The highest BCUT2D eigenvalue weighted by Gasteiger charge is 2.30. The molecule has 0 bridgehead atoms. The maximum absolute atomic E-state index is 11.9. The van der Waals surface area contributed by atoms with Gasteiger partial charge in [0.1, 0.15) is 0 Å². The molecule has 1 fully saturated rings. The van der Waals surface area contributed by atoms with E-state index in [9.17, 15) is 9.90 Å². The molecule has 20 heavy (non-hydrogen) atoms. The Morgan fingerprint density at radius 2 is 2.15 bits per heavy atom. The number of carbonyl (C=O) groups is 1. The molecule has 1 aromatic carbocycles. The average molecular weight is 317 g/mol. The van der Waals surface area contributed by atoms with Gasteiger partial charge in [-0.2, -0.15) is 0 Å². The van der Waals surface area contributed by atoms with Crippen molar-refractivity contribution in [3.8, 4) is 0 Å². The summed E-state index contributed by atoms with van der Waals surface area (Å²) in [4.78, 5) is 13.7. The summed E-state index contributed by atoms with van der Waals surface area (Å²) < 4.78 is 0. The number of carbonyl (C=O) groups excluding carboxylic acids is 1. The number of aliphatic hydroxyl groups excluding tert-OH is 1. The third-order valence-corrected chi connectivity index (χ3v) is 4.02. The van der Waals surface area contributed by atoms with E-state index in [0.29, 0.717) is 28.2 Å². The van der Waals surface area contributed by atoms with Gasteiger partial charge in [-0.15, -0.1) is 0 Å². The molecule has 2 rings (SSSR count). The average Bonchev–Trinajstić information content (AvgIpc) is 3.17. The predicted octanol–water partition coefficient (Wildman–Crippen LogP) is 2.63. The molecular formula is C14H18Cl2N2O2. The molecule has 1 amide bonds. The number of anilines is 1. The minimum atomic E-state index is -0.335. The Morgan fingerprint density at radius 3 is 2.75 bits per heavy atom. The van der Waals surface area contributed by atoms with Crippen LogP contribution in [-0.4, -0.2) is 42.2 Å². The van der Waals surface area contributed by atoms with Crippen LogP contribution in [0.1, 0.15) is 12.8 Å². The molecule has 1 unspecified atom stereocenters. The van der Waals surface area contributed by atoms with E-state index in [4.69, 9.17) is 23.2 Å². The van der Waals surface area contributed by atoms with Gasteiger partial charge in [-0.1, -0.05) is 23.2 Å². The summed E-state index contributed by atoms with van der Waals surface area (Å²) in [5.74, 6) is 0.268. The van der Waals surface area contributed by atoms with Crippen LogP contribution in [0.15, 0.2) is 18.2 Å². The maximum atomic E-state index is 11.9. The highest BCUT2D eigenvalue weighted by molar-refractivity contribution is 6.42. The summed E-state index contributed by atoms with van der Waals surface area (Å²) in [7, 11) is 1.82. The third kappa shape index (κ3) is 4.63. The lowest BCUT2D eigenvalue weighted by Crippen LogP contribution is -2.36. The first-order chi connectivity index (χ1) is 9.45. The topological polar surface area (TPSA) is 52.6 Å². The SMILES string of the molecule is CN(CC(=O)Nc1ccc(Cl)c(Cl)c1)CC(O)C1CC1. The number of amides is 1. The van der Waals surface area contributed by atoms with Gasteiger partial charge in [0.15, 0.2) is 0 Å². The Morgan fingerprint density at radius 1 is 1.45 bits per heavy atom. The number of hydrogen-bond donors (Lipinski definition) is 2. The molecule has 1 saturated carbocycles. The molecule has 1 aliphatic carbocycles. The number of rotatable bonds is 6. The number of halogens is 2. The molecule has 1 atom stereocenters. The molecule has 0 spiro atoms. The van der Waals surface area contributed by atoms with Crippen LogP contribution in [0.4, 0.5) is 5.69 Å². The van der Waals surface area contributed by atoms with Crippen LogP contribution in [0, 0.1) is 5.92 Å². The van der Waals surface area contributed by atoms with Crippen molar-refractivity contribution in [1.29, 1.82) is 0 Å². The van der Waals surface area contributed by atoms with E-state index in [1.165, 1.54) is 0 Å². The lowest BCUT2D eigenvalue weighted by atomic mass is 10.2. The van der Waals surface area contributed by atoms with Crippen LogP contribution in [0.5, 0.6) is 0 Å². The largest absolute Gasteiger partial charge is 0.392 e. The Balaban J connectivity index is 1.80. The zero-order valence-electron chi connectivity index (χ0n) is 11.3. The summed E-state index contributed by atoms with van der Waals surface area (Å²) in [6.45, 7) is 0.740. The van der Waals surface area contributed by atoms with Gasteiger partial charge in [-0.05, 0) is 44.0 Å². The molecule has 6 heteroatoms. The fraction of sp³-hybridized carbons (Fsp3) is 0.500. The van der Waals surface area contributed by atoms with Crippen LogP contribution in [0.2, 0.25) is 10.0 Å². The summed E-state index contributed by atoms with van der Waals surface area (Å²) in [6.07, 6.45) is 1.84. The maximum Gasteiger partial charge on any atom is 0.238 e. The highest BCUT2D eigenvalue weighted by atomic mass is 35.5. The van der Waals surface area contributed by atoms with E-state index < -0.39 is 0 Å². The lowest BCUT2D eigenvalue weighted by molar-refractivity contribution is -0.117. The zero-order chi connectivity index (χ0) is 14.7. The minimum Gasteiger partial charge on any atom is -0.392 e. The number of benzene rings is 1. The van der Waals surface area contributed by atoms with Crippen molar-refractivity contribution in [2.75, 3.05) is 25.5 Å². The van der Waals surface area contributed by atoms with Crippen LogP contribution < -0.4 is 5.32 Å². The van der Waals surface area contributed by atoms with E-state index in [1.54, 1.807) is 18.2 Å². The molecule has 4 nitrogen and oxygen atoms in total. The lowest BCUT2D eigenvalue weighted by Gasteiger charge is -2.19. The van der Waals surface area contributed by atoms with Gasteiger partial charge in [-0.25, -0.2) is 0 Å². The predicted molar refractivity (Wildman–Crippen MR) is 81.3 cm³/mol. The Hall–Kier alpha value is -0.810. The number of hydrogen-bond acceptors (Lipinski definition) is 3. The second-order valence-electron chi connectivity index (χ2n) is 5.28. The van der Waals surface area contributed by atoms with Crippen molar-refractivity contribution in [2.24, 2.45) is 5.92 Å².